The summed E-state index contributed by atoms with van der Waals surface area (Å²) in [5.41, 5.74) is 0.841. The second-order valence-corrected chi connectivity index (χ2v) is 3.60. The number of carbonyl (C=O) groups is 1. The molecule has 0 saturated heterocycles. The first kappa shape index (κ1) is 11.4. The number of aryl methyl sites for hydroxylation is 1. The summed E-state index contributed by atoms with van der Waals surface area (Å²) in [4.78, 5) is 19.6. The van der Waals surface area contributed by atoms with E-state index in [1.54, 1.807) is 6.07 Å². The average Bonchev–Trinajstić information content (AvgIpc) is 2.16. The van der Waals surface area contributed by atoms with E-state index in [1.165, 1.54) is 6.08 Å². The Hall–Kier alpha value is -1.71. The van der Waals surface area contributed by atoms with Crippen LogP contribution >= 0.6 is 0 Å². The normalized spacial score (nSPS) is 10.1. The van der Waals surface area contributed by atoms with Crippen molar-refractivity contribution >= 4 is 11.7 Å². The topological polar surface area (TPSA) is 54.9 Å². The first-order chi connectivity index (χ1) is 7.02. The van der Waals surface area contributed by atoms with Crippen LogP contribution in [0.4, 0.5) is 5.82 Å². The third-order valence-electron chi connectivity index (χ3n) is 1.82. The predicted molar refractivity (Wildman–Crippen MR) is 59.7 cm³/mol. The third kappa shape index (κ3) is 3.16. The first-order valence-corrected chi connectivity index (χ1v) is 4.82. The smallest absolute Gasteiger partial charge is 0.248 e. The number of rotatable bonds is 3. The van der Waals surface area contributed by atoms with Gasteiger partial charge < -0.3 is 5.32 Å². The lowest BCUT2D eigenvalue weighted by molar-refractivity contribution is -0.111. The molecule has 0 unspecified atom stereocenters. The monoisotopic (exact) mass is 205 g/mol. The lowest BCUT2D eigenvalue weighted by Crippen LogP contribution is -2.11. The van der Waals surface area contributed by atoms with Gasteiger partial charge in [-0.25, -0.2) is 9.97 Å². The Kier molecular flexibility index (Phi) is 3.55. The number of nitrogens with one attached hydrogen (secondary N) is 1. The van der Waals surface area contributed by atoms with E-state index in [0.717, 1.165) is 11.5 Å². The molecule has 0 fully saturated rings. The molecule has 1 aromatic rings. The fourth-order valence-electron chi connectivity index (χ4n) is 1.09. The van der Waals surface area contributed by atoms with Crippen LogP contribution in [0.2, 0.25) is 0 Å². The quantitative estimate of drug-likeness (QED) is 0.768. The Morgan fingerprint density at radius 1 is 1.53 bits per heavy atom. The maximum atomic E-state index is 11.1. The third-order valence-corrected chi connectivity index (χ3v) is 1.82. The van der Waals surface area contributed by atoms with Crippen molar-refractivity contribution in [2.24, 2.45) is 0 Å². The molecule has 1 heterocycles. The maximum Gasteiger partial charge on any atom is 0.248 e. The van der Waals surface area contributed by atoms with Gasteiger partial charge in [0, 0.05) is 17.7 Å². The Morgan fingerprint density at radius 3 is 2.73 bits per heavy atom. The summed E-state index contributed by atoms with van der Waals surface area (Å²) >= 11 is 0. The van der Waals surface area contributed by atoms with Crippen LogP contribution in [0.3, 0.4) is 0 Å². The van der Waals surface area contributed by atoms with Crippen LogP contribution in [-0.4, -0.2) is 15.9 Å². The fraction of sp³-hybridized carbons (Fsp3) is 0.364. The second kappa shape index (κ2) is 4.68. The maximum absolute atomic E-state index is 11.1. The van der Waals surface area contributed by atoms with Gasteiger partial charge in [0.25, 0.3) is 0 Å². The Labute approximate surface area is 89.4 Å². The largest absolute Gasteiger partial charge is 0.307 e. The van der Waals surface area contributed by atoms with Crippen LogP contribution in [0, 0.1) is 6.92 Å². The number of hydrogen-bond donors (Lipinski definition) is 1. The van der Waals surface area contributed by atoms with Crippen molar-refractivity contribution in [1.29, 1.82) is 0 Å². The van der Waals surface area contributed by atoms with Crippen LogP contribution < -0.4 is 5.32 Å². The zero-order chi connectivity index (χ0) is 11.4. The van der Waals surface area contributed by atoms with E-state index in [1.807, 2.05) is 20.8 Å². The summed E-state index contributed by atoms with van der Waals surface area (Å²) in [5, 5.41) is 2.62. The molecule has 0 bridgehead atoms. The van der Waals surface area contributed by atoms with E-state index in [4.69, 9.17) is 0 Å². The highest BCUT2D eigenvalue weighted by Crippen LogP contribution is 2.13. The zero-order valence-corrected chi connectivity index (χ0v) is 9.24. The van der Waals surface area contributed by atoms with Gasteiger partial charge >= 0.3 is 0 Å². The van der Waals surface area contributed by atoms with Gasteiger partial charge in [-0.3, -0.25) is 4.79 Å². The van der Waals surface area contributed by atoms with Gasteiger partial charge in [0.1, 0.15) is 11.6 Å². The van der Waals surface area contributed by atoms with Gasteiger partial charge in [0.15, 0.2) is 0 Å². The minimum Gasteiger partial charge on any atom is -0.307 e. The predicted octanol–water partition coefficient (Wildman–Crippen LogP) is 2.03. The molecule has 4 nitrogen and oxygen atoms in total. The van der Waals surface area contributed by atoms with Gasteiger partial charge in [0.05, 0.1) is 0 Å². The molecule has 0 aliphatic heterocycles. The van der Waals surface area contributed by atoms with Crippen LogP contribution in [-0.2, 0) is 4.79 Å². The van der Waals surface area contributed by atoms with Gasteiger partial charge in [-0.1, -0.05) is 20.4 Å². The number of nitrogens with zero attached hydrogens (tertiary/aromatic N) is 2. The highest BCUT2D eigenvalue weighted by Gasteiger charge is 2.06. The number of amides is 1. The summed E-state index contributed by atoms with van der Waals surface area (Å²) in [7, 11) is 0. The number of hydrogen-bond acceptors (Lipinski definition) is 3. The molecule has 4 heteroatoms. The molecular formula is C11H15N3O. The Bertz CT molecular complexity index is 385. The number of aromatic nitrogens is 2. The van der Waals surface area contributed by atoms with Gasteiger partial charge in [-0.2, -0.15) is 0 Å². The molecule has 0 radical (unpaired) electrons. The number of carbonyl (C=O) groups excluding carboxylic acids is 1. The van der Waals surface area contributed by atoms with E-state index in [9.17, 15) is 4.79 Å². The van der Waals surface area contributed by atoms with Crippen molar-refractivity contribution in [2.75, 3.05) is 5.32 Å². The molecule has 0 saturated carbocycles. The molecule has 0 atom stereocenters. The molecule has 1 rings (SSSR count). The van der Waals surface area contributed by atoms with Crippen molar-refractivity contribution in [3.05, 3.63) is 30.2 Å². The molecule has 0 aromatic carbocycles. The van der Waals surface area contributed by atoms with Crippen molar-refractivity contribution in [1.82, 2.24) is 9.97 Å². The minimum atomic E-state index is -0.261. The van der Waals surface area contributed by atoms with Crippen molar-refractivity contribution in [3.63, 3.8) is 0 Å². The van der Waals surface area contributed by atoms with Crippen LogP contribution in [0.15, 0.2) is 18.7 Å². The molecular weight excluding hydrogens is 190 g/mol. The average molecular weight is 205 g/mol. The first-order valence-electron chi connectivity index (χ1n) is 4.82. The SMILES string of the molecule is C=CC(=O)Nc1cc(C)nc(C(C)C)n1. The molecule has 80 valence electrons. The van der Waals surface area contributed by atoms with E-state index in [0.29, 0.717) is 5.82 Å². The van der Waals surface area contributed by atoms with E-state index in [2.05, 4.69) is 21.9 Å². The molecule has 0 spiro atoms. The van der Waals surface area contributed by atoms with E-state index >= 15 is 0 Å². The lowest BCUT2D eigenvalue weighted by Gasteiger charge is -2.08. The highest BCUT2D eigenvalue weighted by atomic mass is 16.1. The molecule has 15 heavy (non-hydrogen) atoms. The van der Waals surface area contributed by atoms with Gasteiger partial charge in [-0.05, 0) is 13.0 Å². The number of anilines is 1. The van der Waals surface area contributed by atoms with Crippen molar-refractivity contribution in [2.45, 2.75) is 26.7 Å². The lowest BCUT2D eigenvalue weighted by atomic mass is 10.2. The molecule has 1 N–H and O–H groups in total. The molecule has 1 aromatic heterocycles. The molecule has 1 amide bonds. The van der Waals surface area contributed by atoms with Crippen molar-refractivity contribution in [3.8, 4) is 0 Å². The fourth-order valence-corrected chi connectivity index (χ4v) is 1.09. The summed E-state index contributed by atoms with van der Waals surface area (Å²) in [6, 6.07) is 1.73. The zero-order valence-electron chi connectivity index (χ0n) is 9.24. The minimum absolute atomic E-state index is 0.240. The Morgan fingerprint density at radius 2 is 2.20 bits per heavy atom. The standard InChI is InChI=1S/C11H15N3O/c1-5-10(15)13-9-6-8(4)12-11(14-9)7(2)3/h5-7H,1H2,2-4H3,(H,12,13,14,15). The van der Waals surface area contributed by atoms with Crippen molar-refractivity contribution < 1.29 is 4.79 Å². The summed E-state index contributed by atoms with van der Waals surface area (Å²) < 4.78 is 0. The second-order valence-electron chi connectivity index (χ2n) is 3.60. The molecule has 0 aliphatic rings. The van der Waals surface area contributed by atoms with E-state index in [-0.39, 0.29) is 11.8 Å². The summed E-state index contributed by atoms with van der Waals surface area (Å²) in [6.45, 7) is 9.27. The van der Waals surface area contributed by atoms with Crippen LogP contribution in [0.5, 0.6) is 0 Å². The summed E-state index contributed by atoms with van der Waals surface area (Å²) in [6.07, 6.45) is 1.21. The summed E-state index contributed by atoms with van der Waals surface area (Å²) in [5.74, 6) is 1.23. The Balaban J connectivity index is 2.98. The molecule has 0 aliphatic carbocycles. The van der Waals surface area contributed by atoms with Gasteiger partial charge in [0.2, 0.25) is 5.91 Å². The highest BCUT2D eigenvalue weighted by molar-refractivity contribution is 5.98. The van der Waals surface area contributed by atoms with Gasteiger partial charge in [-0.15, -0.1) is 0 Å². The van der Waals surface area contributed by atoms with Crippen LogP contribution in [0.25, 0.3) is 0 Å². The van der Waals surface area contributed by atoms with Crippen LogP contribution in [0.1, 0.15) is 31.3 Å². The van der Waals surface area contributed by atoms with E-state index < -0.39 is 0 Å².